The second-order valence-electron chi connectivity index (χ2n) is 15.4. The predicted molar refractivity (Wildman–Crippen MR) is 191 cm³/mol. The summed E-state index contributed by atoms with van der Waals surface area (Å²) in [7, 11) is 0. The summed E-state index contributed by atoms with van der Waals surface area (Å²) in [5, 5.41) is 2.58. The van der Waals surface area contributed by atoms with Crippen molar-refractivity contribution in [3.63, 3.8) is 0 Å². The highest BCUT2D eigenvalue weighted by atomic mass is 16.6. The number of carbonyl (C=O) groups excluding carboxylic acids is 4. The molecule has 276 valence electrons. The molecule has 1 aromatic heterocycles. The molecule has 3 aromatic rings. The van der Waals surface area contributed by atoms with Crippen LogP contribution in [0.3, 0.4) is 0 Å². The summed E-state index contributed by atoms with van der Waals surface area (Å²) >= 11 is 0. The molecule has 11 heteroatoms. The molecule has 1 heterocycles. The van der Waals surface area contributed by atoms with Crippen molar-refractivity contribution in [1.29, 1.82) is 0 Å². The average Bonchev–Trinajstić information content (AvgIpc) is 3.03. The predicted octanol–water partition coefficient (Wildman–Crippen LogP) is 7.29. The normalized spacial score (nSPS) is 13.6. The molecule has 0 spiro atoms. The Kier molecular flexibility index (Phi) is 13.8. The number of pyridine rings is 1. The number of nitrogens with zero attached hydrogens (tertiary/aromatic N) is 1. The molecule has 0 saturated carbocycles. The molecule has 1 amide bonds. The molecule has 2 aromatic carbocycles. The van der Waals surface area contributed by atoms with Gasteiger partial charge in [-0.05, 0) is 98.4 Å². The molecule has 0 bridgehead atoms. The molecular formula is C40H52N2O9. The molecule has 1 N–H and O–H groups in total. The topological polar surface area (TPSA) is 139 Å². The van der Waals surface area contributed by atoms with Gasteiger partial charge in [-0.1, -0.05) is 60.7 Å². The van der Waals surface area contributed by atoms with Gasteiger partial charge in [0.1, 0.15) is 41.8 Å². The first-order valence-corrected chi connectivity index (χ1v) is 17.0. The molecule has 0 aliphatic carbocycles. The fraction of sp³-hybridized carbons (Fsp3) is 0.475. The molecule has 0 aliphatic rings. The number of ether oxygens (including phenoxy) is 5. The van der Waals surface area contributed by atoms with Crippen molar-refractivity contribution in [3.8, 4) is 5.75 Å². The smallest absolute Gasteiger partial charge is 0.408 e. The minimum atomic E-state index is -1.99. The monoisotopic (exact) mass is 704 g/mol. The maximum absolute atomic E-state index is 14.3. The first kappa shape index (κ1) is 40.5. The van der Waals surface area contributed by atoms with Crippen LogP contribution in [0.4, 0.5) is 4.79 Å². The molecule has 0 fully saturated rings. The summed E-state index contributed by atoms with van der Waals surface area (Å²) in [6.45, 7) is 15.4. The zero-order chi connectivity index (χ0) is 37.9. The van der Waals surface area contributed by atoms with Crippen LogP contribution in [0.25, 0.3) is 0 Å². The summed E-state index contributed by atoms with van der Waals surface area (Å²) in [5.41, 5.74) is -2.66. The van der Waals surface area contributed by atoms with Crippen molar-refractivity contribution < 1.29 is 42.9 Å². The van der Waals surface area contributed by atoms with Crippen LogP contribution in [0.1, 0.15) is 92.0 Å². The van der Waals surface area contributed by atoms with E-state index in [4.69, 9.17) is 23.7 Å². The van der Waals surface area contributed by atoms with Gasteiger partial charge in [-0.3, -0.25) is 14.6 Å². The number of nitrogens with one attached hydrogen (secondary N) is 1. The maximum Gasteiger partial charge on any atom is 0.408 e. The van der Waals surface area contributed by atoms with E-state index in [0.29, 0.717) is 23.6 Å². The fourth-order valence-electron chi connectivity index (χ4n) is 4.87. The zero-order valence-electron chi connectivity index (χ0n) is 31.2. The van der Waals surface area contributed by atoms with Gasteiger partial charge >= 0.3 is 24.0 Å². The third-order valence-electron chi connectivity index (χ3n) is 7.16. The van der Waals surface area contributed by atoms with Crippen LogP contribution in [-0.4, -0.2) is 51.8 Å². The molecule has 2 atom stereocenters. The Bertz CT molecular complexity index is 1590. The minimum Gasteiger partial charge on any atom is -0.487 e. The number of rotatable bonds is 14. The molecule has 0 aliphatic heterocycles. The van der Waals surface area contributed by atoms with E-state index in [1.54, 1.807) is 86.6 Å². The summed E-state index contributed by atoms with van der Waals surface area (Å²) < 4.78 is 28.6. The Labute approximate surface area is 301 Å². The lowest BCUT2D eigenvalue weighted by atomic mass is 9.77. The largest absolute Gasteiger partial charge is 0.487 e. The molecule has 0 saturated heterocycles. The lowest BCUT2D eigenvalue weighted by molar-refractivity contribution is -0.182. The Morgan fingerprint density at radius 1 is 0.667 bits per heavy atom. The minimum absolute atomic E-state index is 0.116. The van der Waals surface area contributed by atoms with E-state index in [-0.39, 0.29) is 25.9 Å². The number of alkyl carbamates (subject to hydrolysis) is 1. The van der Waals surface area contributed by atoms with Crippen LogP contribution in [0.5, 0.6) is 5.75 Å². The second-order valence-corrected chi connectivity index (χ2v) is 15.4. The van der Waals surface area contributed by atoms with Gasteiger partial charge < -0.3 is 29.0 Å². The molecule has 0 radical (unpaired) electrons. The van der Waals surface area contributed by atoms with Gasteiger partial charge in [0.15, 0.2) is 5.41 Å². The lowest BCUT2D eigenvalue weighted by Gasteiger charge is -2.34. The number of esters is 3. The van der Waals surface area contributed by atoms with Gasteiger partial charge in [-0.2, -0.15) is 0 Å². The highest BCUT2D eigenvalue weighted by molar-refractivity contribution is 6.00. The van der Waals surface area contributed by atoms with Crippen LogP contribution in [0, 0.1) is 5.41 Å². The number of benzene rings is 2. The van der Waals surface area contributed by atoms with Crippen molar-refractivity contribution in [1.82, 2.24) is 10.3 Å². The van der Waals surface area contributed by atoms with Crippen LogP contribution >= 0.6 is 0 Å². The first-order valence-electron chi connectivity index (χ1n) is 17.0. The summed E-state index contributed by atoms with van der Waals surface area (Å²) in [6.07, 6.45) is -0.0567. The molecule has 3 rings (SSSR count). The Hall–Kier alpha value is -4.93. The van der Waals surface area contributed by atoms with Crippen molar-refractivity contribution in [3.05, 3.63) is 95.8 Å². The summed E-state index contributed by atoms with van der Waals surface area (Å²) in [5.74, 6) is -2.00. The van der Waals surface area contributed by atoms with Crippen molar-refractivity contribution in [2.45, 2.75) is 118 Å². The Morgan fingerprint density at radius 2 is 1.22 bits per heavy atom. The van der Waals surface area contributed by atoms with Gasteiger partial charge in [0.2, 0.25) is 0 Å². The van der Waals surface area contributed by atoms with E-state index >= 15 is 0 Å². The Balaban J connectivity index is 2.02. The highest BCUT2D eigenvalue weighted by Gasteiger charge is 2.51. The Morgan fingerprint density at radius 3 is 1.73 bits per heavy atom. The fourth-order valence-corrected chi connectivity index (χ4v) is 4.87. The number of amides is 1. The van der Waals surface area contributed by atoms with Gasteiger partial charge in [-0.25, -0.2) is 9.59 Å². The summed E-state index contributed by atoms with van der Waals surface area (Å²) in [6, 6.07) is 20.8. The van der Waals surface area contributed by atoms with Gasteiger partial charge in [0.05, 0.1) is 6.20 Å². The van der Waals surface area contributed by atoms with Crippen molar-refractivity contribution in [2.24, 2.45) is 5.41 Å². The number of carbonyl (C=O) groups is 4. The van der Waals surface area contributed by atoms with E-state index in [0.717, 1.165) is 5.56 Å². The van der Waals surface area contributed by atoms with Crippen LogP contribution in [0.15, 0.2) is 79.0 Å². The van der Waals surface area contributed by atoms with Crippen molar-refractivity contribution in [2.75, 3.05) is 0 Å². The van der Waals surface area contributed by atoms with E-state index in [2.05, 4.69) is 10.3 Å². The van der Waals surface area contributed by atoms with Crippen LogP contribution in [-0.2, 0) is 53.0 Å². The van der Waals surface area contributed by atoms with E-state index < -0.39 is 52.3 Å². The van der Waals surface area contributed by atoms with Gasteiger partial charge in [0.25, 0.3) is 0 Å². The zero-order valence-corrected chi connectivity index (χ0v) is 31.2. The van der Waals surface area contributed by atoms with Crippen LogP contribution < -0.4 is 10.1 Å². The third kappa shape index (κ3) is 14.1. The van der Waals surface area contributed by atoms with Crippen molar-refractivity contribution >= 4 is 24.0 Å². The standard InChI is InChI=1S/C40H52N2O9/c1-37(2,3)49-33(43)32(42-36(46)51-39(7,8)9)22-23-40(35(45)50-38(4,5)6,34(44)48-27-29-18-14-11-15-19-29)24-30-20-21-31(25-41-30)47-26-28-16-12-10-13-17-28/h10-21,25,32H,22-24,26-27H2,1-9H3,(H,42,46)/t32-,40?/m0/s1. The van der Waals surface area contributed by atoms with Crippen LogP contribution in [0.2, 0.25) is 0 Å². The van der Waals surface area contributed by atoms with Gasteiger partial charge in [-0.15, -0.1) is 0 Å². The number of hydrogen-bond donors (Lipinski definition) is 1. The number of aromatic nitrogens is 1. The molecule has 51 heavy (non-hydrogen) atoms. The second kappa shape index (κ2) is 17.3. The molecule has 1 unspecified atom stereocenters. The van der Waals surface area contributed by atoms with E-state index in [1.165, 1.54) is 6.20 Å². The molecule has 11 nitrogen and oxygen atoms in total. The number of hydrogen-bond acceptors (Lipinski definition) is 10. The average molecular weight is 705 g/mol. The highest BCUT2D eigenvalue weighted by Crippen LogP contribution is 2.35. The maximum atomic E-state index is 14.3. The quantitative estimate of drug-likeness (QED) is 0.103. The molecular weight excluding hydrogens is 652 g/mol. The first-order chi connectivity index (χ1) is 23.7. The summed E-state index contributed by atoms with van der Waals surface area (Å²) in [4.78, 5) is 59.5. The SMILES string of the molecule is CC(C)(C)OC(=O)N[C@@H](CCC(Cc1ccc(OCc2ccccc2)cn1)(C(=O)OCc1ccccc1)C(=O)OC(C)(C)C)C(=O)OC(C)(C)C. The van der Waals surface area contributed by atoms with E-state index in [9.17, 15) is 19.2 Å². The lowest BCUT2D eigenvalue weighted by Crippen LogP contribution is -2.50. The van der Waals surface area contributed by atoms with Gasteiger partial charge in [0, 0.05) is 12.1 Å². The third-order valence-corrected chi connectivity index (χ3v) is 7.16. The van der Waals surface area contributed by atoms with E-state index in [1.807, 2.05) is 48.5 Å².